The van der Waals surface area contributed by atoms with E-state index in [0.717, 1.165) is 17.8 Å². The Bertz CT molecular complexity index is 482. The number of carbonyl (C=O) groups is 1. The SMILES string of the molecule is O=C1CC(c2cc3ccccc3[nH]2)CN1. The van der Waals surface area contributed by atoms with Gasteiger partial charge in [0.25, 0.3) is 0 Å². The number of nitrogens with one attached hydrogen (secondary N) is 2. The van der Waals surface area contributed by atoms with Crippen LogP contribution in [0, 0.1) is 0 Å². The molecular weight excluding hydrogens is 188 g/mol. The van der Waals surface area contributed by atoms with Crippen LogP contribution >= 0.6 is 0 Å². The fourth-order valence-electron chi connectivity index (χ4n) is 2.14. The van der Waals surface area contributed by atoms with Gasteiger partial charge in [-0.3, -0.25) is 4.79 Å². The van der Waals surface area contributed by atoms with Gasteiger partial charge in [-0.15, -0.1) is 0 Å². The minimum absolute atomic E-state index is 0.152. The van der Waals surface area contributed by atoms with Crippen LogP contribution in [0.3, 0.4) is 0 Å². The van der Waals surface area contributed by atoms with E-state index in [9.17, 15) is 4.79 Å². The van der Waals surface area contributed by atoms with Crippen LogP contribution in [0.1, 0.15) is 18.0 Å². The van der Waals surface area contributed by atoms with Crippen molar-refractivity contribution in [3.05, 3.63) is 36.0 Å². The zero-order valence-corrected chi connectivity index (χ0v) is 8.29. The molecule has 2 heterocycles. The highest BCUT2D eigenvalue weighted by atomic mass is 16.1. The summed E-state index contributed by atoms with van der Waals surface area (Å²) in [6.07, 6.45) is 0.604. The molecule has 15 heavy (non-hydrogen) atoms. The summed E-state index contributed by atoms with van der Waals surface area (Å²) in [5.41, 5.74) is 2.31. The van der Waals surface area contributed by atoms with Gasteiger partial charge in [0.2, 0.25) is 5.91 Å². The lowest BCUT2D eigenvalue weighted by Gasteiger charge is -2.02. The highest BCUT2D eigenvalue weighted by Crippen LogP contribution is 2.25. The molecule has 1 saturated heterocycles. The van der Waals surface area contributed by atoms with Crippen molar-refractivity contribution >= 4 is 16.8 Å². The summed E-state index contributed by atoms with van der Waals surface area (Å²) in [5, 5.41) is 4.07. The number of benzene rings is 1. The van der Waals surface area contributed by atoms with Crippen molar-refractivity contribution in [2.24, 2.45) is 0 Å². The molecule has 3 nitrogen and oxygen atoms in total. The molecule has 3 rings (SSSR count). The predicted octanol–water partition coefficient (Wildman–Crippen LogP) is 1.77. The Kier molecular flexibility index (Phi) is 1.78. The lowest BCUT2D eigenvalue weighted by Crippen LogP contribution is -2.13. The summed E-state index contributed by atoms with van der Waals surface area (Å²) < 4.78 is 0. The topological polar surface area (TPSA) is 44.9 Å². The zero-order chi connectivity index (χ0) is 10.3. The second kappa shape index (κ2) is 3.12. The van der Waals surface area contributed by atoms with Gasteiger partial charge < -0.3 is 10.3 Å². The van der Waals surface area contributed by atoms with E-state index in [2.05, 4.69) is 28.5 Å². The van der Waals surface area contributed by atoms with E-state index >= 15 is 0 Å². The fourth-order valence-corrected chi connectivity index (χ4v) is 2.14. The molecule has 2 N–H and O–H groups in total. The first kappa shape index (κ1) is 8.53. The minimum Gasteiger partial charge on any atom is -0.358 e. The lowest BCUT2D eigenvalue weighted by molar-refractivity contribution is -0.119. The second-order valence-corrected chi connectivity index (χ2v) is 4.02. The van der Waals surface area contributed by atoms with E-state index in [-0.39, 0.29) is 5.91 Å². The number of amides is 1. The van der Waals surface area contributed by atoms with Gasteiger partial charge in [-0.25, -0.2) is 0 Å². The Morgan fingerprint density at radius 3 is 2.87 bits per heavy atom. The third kappa shape index (κ3) is 1.40. The van der Waals surface area contributed by atoms with Crippen LogP contribution in [-0.4, -0.2) is 17.4 Å². The van der Waals surface area contributed by atoms with Crippen LogP contribution in [0.25, 0.3) is 10.9 Å². The number of para-hydroxylation sites is 1. The number of aromatic amines is 1. The number of fused-ring (bicyclic) bond motifs is 1. The van der Waals surface area contributed by atoms with Crippen LogP contribution in [0.15, 0.2) is 30.3 Å². The third-order valence-electron chi connectivity index (χ3n) is 2.97. The third-order valence-corrected chi connectivity index (χ3v) is 2.97. The van der Waals surface area contributed by atoms with E-state index in [1.165, 1.54) is 5.39 Å². The Balaban J connectivity index is 2.01. The first-order chi connectivity index (χ1) is 7.33. The molecule has 76 valence electrons. The summed E-state index contributed by atoms with van der Waals surface area (Å²) in [6, 6.07) is 10.3. The first-order valence-corrected chi connectivity index (χ1v) is 5.17. The van der Waals surface area contributed by atoms with Crippen LogP contribution in [-0.2, 0) is 4.79 Å². The zero-order valence-electron chi connectivity index (χ0n) is 8.29. The molecule has 1 amide bonds. The fraction of sp³-hybridized carbons (Fsp3) is 0.250. The van der Waals surface area contributed by atoms with Gasteiger partial charge in [-0.05, 0) is 17.5 Å². The number of rotatable bonds is 1. The largest absolute Gasteiger partial charge is 0.358 e. The maximum atomic E-state index is 11.1. The average Bonchev–Trinajstić information content (AvgIpc) is 2.82. The molecule has 1 aromatic heterocycles. The molecule has 1 atom stereocenters. The minimum atomic E-state index is 0.152. The number of hydrogen-bond acceptors (Lipinski definition) is 1. The summed E-state index contributed by atoms with van der Waals surface area (Å²) in [7, 11) is 0. The number of carbonyl (C=O) groups excluding carboxylic acids is 1. The quantitative estimate of drug-likeness (QED) is 0.724. The lowest BCUT2D eigenvalue weighted by atomic mass is 10.1. The second-order valence-electron chi connectivity index (χ2n) is 4.02. The normalized spacial score (nSPS) is 20.8. The summed E-state index contributed by atoms with van der Waals surface area (Å²) in [4.78, 5) is 14.5. The Morgan fingerprint density at radius 1 is 1.27 bits per heavy atom. The van der Waals surface area contributed by atoms with E-state index in [0.29, 0.717) is 12.3 Å². The Morgan fingerprint density at radius 2 is 2.13 bits per heavy atom. The van der Waals surface area contributed by atoms with Crippen LogP contribution < -0.4 is 5.32 Å². The van der Waals surface area contributed by atoms with E-state index < -0.39 is 0 Å². The van der Waals surface area contributed by atoms with Crippen LogP contribution in [0.4, 0.5) is 0 Å². The summed E-state index contributed by atoms with van der Waals surface area (Å²) in [5.74, 6) is 0.462. The smallest absolute Gasteiger partial charge is 0.220 e. The van der Waals surface area contributed by atoms with Gasteiger partial charge in [0.15, 0.2) is 0 Å². The Hall–Kier alpha value is -1.77. The molecule has 1 fully saturated rings. The monoisotopic (exact) mass is 200 g/mol. The number of H-pyrrole nitrogens is 1. The predicted molar refractivity (Wildman–Crippen MR) is 58.7 cm³/mol. The standard InChI is InChI=1S/C12H12N2O/c15-12-6-9(7-13-12)11-5-8-3-1-2-4-10(8)14-11/h1-5,9,14H,6-7H2,(H,13,15). The number of aromatic nitrogens is 1. The molecule has 1 aliphatic rings. The highest BCUT2D eigenvalue weighted by Gasteiger charge is 2.24. The highest BCUT2D eigenvalue weighted by molar-refractivity contribution is 5.82. The molecule has 0 radical (unpaired) electrons. The molecule has 1 aliphatic heterocycles. The average molecular weight is 200 g/mol. The van der Waals surface area contributed by atoms with E-state index in [1.807, 2.05) is 12.1 Å². The van der Waals surface area contributed by atoms with Crippen molar-refractivity contribution in [2.75, 3.05) is 6.54 Å². The van der Waals surface area contributed by atoms with Crippen LogP contribution in [0.5, 0.6) is 0 Å². The van der Waals surface area contributed by atoms with Crippen molar-refractivity contribution in [2.45, 2.75) is 12.3 Å². The van der Waals surface area contributed by atoms with Gasteiger partial charge in [-0.2, -0.15) is 0 Å². The van der Waals surface area contributed by atoms with E-state index in [4.69, 9.17) is 0 Å². The molecule has 0 aliphatic carbocycles. The van der Waals surface area contributed by atoms with Crippen LogP contribution in [0.2, 0.25) is 0 Å². The molecular formula is C12H12N2O. The van der Waals surface area contributed by atoms with Gasteiger partial charge in [-0.1, -0.05) is 18.2 Å². The van der Waals surface area contributed by atoms with Crippen molar-refractivity contribution in [1.82, 2.24) is 10.3 Å². The van der Waals surface area contributed by atoms with Gasteiger partial charge in [0.1, 0.15) is 0 Å². The summed E-state index contributed by atoms with van der Waals surface area (Å²) in [6.45, 7) is 0.756. The van der Waals surface area contributed by atoms with Gasteiger partial charge in [0.05, 0.1) is 0 Å². The molecule has 1 unspecified atom stereocenters. The number of hydrogen-bond donors (Lipinski definition) is 2. The molecule has 1 aromatic carbocycles. The van der Waals surface area contributed by atoms with Crippen molar-refractivity contribution in [3.8, 4) is 0 Å². The van der Waals surface area contributed by atoms with Crippen molar-refractivity contribution < 1.29 is 4.79 Å². The van der Waals surface area contributed by atoms with E-state index in [1.54, 1.807) is 0 Å². The molecule has 0 saturated carbocycles. The van der Waals surface area contributed by atoms with Crippen molar-refractivity contribution in [3.63, 3.8) is 0 Å². The first-order valence-electron chi connectivity index (χ1n) is 5.17. The Labute approximate surface area is 87.5 Å². The molecule has 0 spiro atoms. The van der Waals surface area contributed by atoms with Gasteiger partial charge >= 0.3 is 0 Å². The summed E-state index contributed by atoms with van der Waals surface area (Å²) >= 11 is 0. The maximum Gasteiger partial charge on any atom is 0.220 e. The van der Waals surface area contributed by atoms with Gasteiger partial charge in [0, 0.05) is 30.1 Å². The van der Waals surface area contributed by atoms with Crippen molar-refractivity contribution in [1.29, 1.82) is 0 Å². The molecule has 3 heteroatoms. The maximum absolute atomic E-state index is 11.1. The molecule has 0 bridgehead atoms. The molecule has 2 aromatic rings.